The number of aliphatic hydroxyl groups is 1. The third kappa shape index (κ3) is 6.00. The van der Waals surface area contributed by atoms with Gasteiger partial charge in [0.25, 0.3) is 0 Å². The highest BCUT2D eigenvalue weighted by molar-refractivity contribution is 5.79. The fourth-order valence-electron chi connectivity index (χ4n) is 3.58. The van der Waals surface area contributed by atoms with Crippen molar-refractivity contribution in [3.8, 4) is 5.75 Å². The third-order valence-electron chi connectivity index (χ3n) is 4.83. The molecule has 2 aromatic rings. The molecule has 0 saturated carbocycles. The Bertz CT molecular complexity index is 760. The summed E-state index contributed by atoms with van der Waals surface area (Å²) >= 11 is 0. The van der Waals surface area contributed by atoms with Gasteiger partial charge in [0.2, 0.25) is 5.91 Å². The van der Waals surface area contributed by atoms with Gasteiger partial charge >= 0.3 is 0 Å². The van der Waals surface area contributed by atoms with Crippen molar-refractivity contribution in [1.29, 1.82) is 0 Å². The number of halogens is 1. The van der Waals surface area contributed by atoms with Gasteiger partial charge in [-0.2, -0.15) is 0 Å². The Morgan fingerprint density at radius 2 is 2.11 bits per heavy atom. The predicted molar refractivity (Wildman–Crippen MR) is 103 cm³/mol. The van der Waals surface area contributed by atoms with Crippen molar-refractivity contribution in [2.75, 3.05) is 32.8 Å². The van der Waals surface area contributed by atoms with Gasteiger partial charge in [0.1, 0.15) is 11.6 Å². The highest BCUT2D eigenvalue weighted by Crippen LogP contribution is 2.25. The van der Waals surface area contributed by atoms with E-state index in [4.69, 9.17) is 9.84 Å². The highest BCUT2D eigenvalue weighted by Gasteiger charge is 2.32. The number of carbonyl (C=O) groups is 1. The molecular weight excluding hydrogens is 361 g/mol. The normalized spacial score (nSPS) is 19.9. The monoisotopic (exact) mass is 387 g/mol. The molecule has 2 heterocycles. The molecule has 150 valence electrons. The van der Waals surface area contributed by atoms with E-state index in [0.29, 0.717) is 25.3 Å². The summed E-state index contributed by atoms with van der Waals surface area (Å²) in [4.78, 5) is 18.8. The van der Waals surface area contributed by atoms with Crippen LogP contribution in [-0.2, 0) is 11.3 Å². The zero-order valence-electron chi connectivity index (χ0n) is 15.8. The lowest BCUT2D eigenvalue weighted by atomic mass is 9.88. The molecule has 1 aliphatic rings. The first-order valence-electron chi connectivity index (χ1n) is 9.52. The zero-order valence-corrected chi connectivity index (χ0v) is 15.8. The number of rotatable bonds is 8. The number of nitrogens with zero attached hydrogens (tertiary/aromatic N) is 2. The topological polar surface area (TPSA) is 74.7 Å². The van der Waals surface area contributed by atoms with E-state index in [9.17, 15) is 9.18 Å². The van der Waals surface area contributed by atoms with Crippen LogP contribution in [0.15, 0.2) is 48.8 Å². The van der Waals surface area contributed by atoms with Gasteiger partial charge in [-0.05, 0) is 36.2 Å². The number of likely N-dealkylation sites (tertiary alicyclic amines) is 1. The summed E-state index contributed by atoms with van der Waals surface area (Å²) in [5, 5.41) is 11.7. The zero-order chi connectivity index (χ0) is 19.8. The van der Waals surface area contributed by atoms with E-state index in [1.165, 1.54) is 12.1 Å². The number of piperidine rings is 1. The van der Waals surface area contributed by atoms with Gasteiger partial charge in [-0.1, -0.05) is 6.07 Å². The predicted octanol–water partition coefficient (Wildman–Crippen LogP) is 1.85. The summed E-state index contributed by atoms with van der Waals surface area (Å²) in [6.07, 6.45) is 4.21. The lowest BCUT2D eigenvalue weighted by Crippen LogP contribution is -2.47. The van der Waals surface area contributed by atoms with Crippen LogP contribution < -0.4 is 10.1 Å². The first-order valence-corrected chi connectivity index (χ1v) is 9.52. The summed E-state index contributed by atoms with van der Waals surface area (Å²) in [7, 11) is 0. The van der Waals surface area contributed by atoms with Crippen molar-refractivity contribution in [3.05, 3.63) is 60.2 Å². The van der Waals surface area contributed by atoms with Gasteiger partial charge in [0.15, 0.2) is 0 Å². The molecule has 3 rings (SSSR count). The van der Waals surface area contributed by atoms with E-state index in [-0.39, 0.29) is 36.7 Å². The molecule has 0 aliphatic carbocycles. The second kappa shape index (κ2) is 10.1. The summed E-state index contributed by atoms with van der Waals surface area (Å²) in [5.41, 5.74) is 1.14. The Labute approximate surface area is 164 Å². The molecule has 0 bridgehead atoms. The van der Waals surface area contributed by atoms with Crippen molar-refractivity contribution < 1.29 is 19.0 Å². The van der Waals surface area contributed by atoms with Crippen molar-refractivity contribution in [1.82, 2.24) is 15.2 Å². The molecule has 1 aliphatic heterocycles. The van der Waals surface area contributed by atoms with E-state index in [0.717, 1.165) is 18.7 Å². The van der Waals surface area contributed by atoms with Crippen LogP contribution >= 0.6 is 0 Å². The Morgan fingerprint density at radius 1 is 1.29 bits per heavy atom. The average Bonchev–Trinajstić information content (AvgIpc) is 2.71. The van der Waals surface area contributed by atoms with Crippen LogP contribution in [0.3, 0.4) is 0 Å². The maximum absolute atomic E-state index is 13.4. The van der Waals surface area contributed by atoms with Gasteiger partial charge in [-0.3, -0.25) is 14.7 Å². The minimum Gasteiger partial charge on any atom is -0.493 e. The largest absolute Gasteiger partial charge is 0.493 e. The van der Waals surface area contributed by atoms with E-state index >= 15 is 0 Å². The molecule has 0 radical (unpaired) electrons. The first kappa shape index (κ1) is 20.2. The molecule has 6 nitrogen and oxygen atoms in total. The molecule has 7 heteroatoms. The fraction of sp³-hybridized carbons (Fsp3) is 0.429. The molecule has 0 unspecified atom stereocenters. The number of aromatic nitrogens is 1. The Balaban J connectivity index is 1.64. The molecule has 2 N–H and O–H groups in total. The number of carbonyl (C=O) groups excluding carboxylic acids is 1. The van der Waals surface area contributed by atoms with Crippen molar-refractivity contribution in [2.24, 2.45) is 11.8 Å². The molecule has 0 spiro atoms. The van der Waals surface area contributed by atoms with Gasteiger partial charge in [-0.15, -0.1) is 0 Å². The maximum Gasteiger partial charge on any atom is 0.224 e. The molecule has 1 aromatic heterocycles. The number of ether oxygens (including phenoxy) is 1. The Morgan fingerprint density at radius 3 is 2.86 bits per heavy atom. The summed E-state index contributed by atoms with van der Waals surface area (Å²) in [6.45, 7) is 2.76. The van der Waals surface area contributed by atoms with Gasteiger partial charge in [0.05, 0.1) is 19.1 Å². The van der Waals surface area contributed by atoms with Crippen LogP contribution in [-0.4, -0.2) is 53.7 Å². The fourth-order valence-corrected chi connectivity index (χ4v) is 3.58. The SMILES string of the molecule is O=C(NCCO)[C@@H]1C[C@H](COc2cccc(F)c2)CN(Cc2ccncc2)C1. The number of nitrogens with one attached hydrogen (secondary N) is 1. The molecule has 1 aromatic carbocycles. The lowest BCUT2D eigenvalue weighted by Gasteiger charge is -2.37. The van der Waals surface area contributed by atoms with Gasteiger partial charge < -0.3 is 15.2 Å². The number of amides is 1. The maximum atomic E-state index is 13.4. The summed E-state index contributed by atoms with van der Waals surface area (Å²) in [6, 6.07) is 10.0. The number of hydrogen-bond acceptors (Lipinski definition) is 5. The number of benzene rings is 1. The number of hydrogen-bond donors (Lipinski definition) is 2. The molecule has 2 atom stereocenters. The van der Waals surface area contributed by atoms with Crippen LogP contribution in [0.1, 0.15) is 12.0 Å². The summed E-state index contributed by atoms with van der Waals surface area (Å²) < 4.78 is 19.1. The van der Waals surface area contributed by atoms with E-state index < -0.39 is 0 Å². The van der Waals surface area contributed by atoms with E-state index in [2.05, 4.69) is 15.2 Å². The average molecular weight is 387 g/mol. The molecule has 1 fully saturated rings. The Kier molecular flexibility index (Phi) is 7.33. The molecule has 1 amide bonds. The quantitative estimate of drug-likeness (QED) is 0.723. The van der Waals surface area contributed by atoms with Crippen molar-refractivity contribution in [3.63, 3.8) is 0 Å². The van der Waals surface area contributed by atoms with Gasteiger partial charge in [0, 0.05) is 50.6 Å². The Hall–Kier alpha value is -2.51. The van der Waals surface area contributed by atoms with Crippen LogP contribution in [0.5, 0.6) is 5.75 Å². The highest BCUT2D eigenvalue weighted by atomic mass is 19.1. The van der Waals surface area contributed by atoms with Crippen LogP contribution in [0.25, 0.3) is 0 Å². The molecule has 28 heavy (non-hydrogen) atoms. The van der Waals surface area contributed by atoms with Crippen molar-refractivity contribution >= 4 is 5.91 Å². The van der Waals surface area contributed by atoms with Crippen molar-refractivity contribution in [2.45, 2.75) is 13.0 Å². The minimum atomic E-state index is -0.332. The number of aliphatic hydroxyl groups excluding tert-OH is 1. The second-order valence-corrected chi connectivity index (χ2v) is 7.13. The third-order valence-corrected chi connectivity index (χ3v) is 4.83. The van der Waals surface area contributed by atoms with Crippen LogP contribution in [0, 0.1) is 17.7 Å². The minimum absolute atomic E-state index is 0.0516. The van der Waals surface area contributed by atoms with Crippen LogP contribution in [0.4, 0.5) is 4.39 Å². The standard InChI is InChI=1S/C21H26FN3O3/c22-19-2-1-3-20(11-19)28-15-17-10-18(21(27)24-8-9-26)14-25(13-17)12-16-4-6-23-7-5-16/h1-7,11,17-18,26H,8-10,12-15H2,(H,24,27)/t17-,18+/m0/s1. The van der Waals surface area contributed by atoms with Gasteiger partial charge in [-0.25, -0.2) is 4.39 Å². The smallest absolute Gasteiger partial charge is 0.224 e. The van der Waals surface area contributed by atoms with E-state index in [1.54, 1.807) is 24.5 Å². The number of pyridine rings is 1. The first-order chi connectivity index (χ1) is 13.6. The van der Waals surface area contributed by atoms with Crippen LogP contribution in [0.2, 0.25) is 0 Å². The summed E-state index contributed by atoms with van der Waals surface area (Å²) in [5.74, 6) is 0.0745. The molecular formula is C21H26FN3O3. The lowest BCUT2D eigenvalue weighted by molar-refractivity contribution is -0.128. The van der Waals surface area contributed by atoms with E-state index in [1.807, 2.05) is 12.1 Å². The molecule has 1 saturated heterocycles. The second-order valence-electron chi connectivity index (χ2n) is 7.13.